The molecule has 0 aromatic rings. The van der Waals surface area contributed by atoms with Crippen molar-refractivity contribution < 1.29 is 0 Å². The topological polar surface area (TPSA) is 0 Å². The molecule has 0 amide bonds. The molecule has 1 rings (SSSR count). The molecular weight excluding hydrogens is 236 g/mol. The number of halogens is 1. The molecule has 0 N–H and O–H groups in total. The van der Waals surface area contributed by atoms with Crippen molar-refractivity contribution in [3.8, 4) is 0 Å². The predicted molar refractivity (Wildman–Crippen MR) is 67.9 cm³/mol. The normalized spacial score (nSPS) is 35.6. The van der Waals surface area contributed by atoms with Gasteiger partial charge in [-0.25, -0.2) is 0 Å². The Bertz CT molecular complexity index is 145. The van der Waals surface area contributed by atoms with E-state index >= 15 is 0 Å². The molecule has 1 heteroatoms. The monoisotopic (exact) mass is 260 g/mol. The fraction of sp³-hybridized carbons (Fsp3) is 1.00. The number of rotatable bonds is 4. The Morgan fingerprint density at radius 2 is 1.71 bits per heavy atom. The Morgan fingerprint density at radius 1 is 1.14 bits per heavy atom. The van der Waals surface area contributed by atoms with Gasteiger partial charge in [0, 0.05) is 4.83 Å². The van der Waals surface area contributed by atoms with Crippen molar-refractivity contribution in [1.29, 1.82) is 0 Å². The van der Waals surface area contributed by atoms with Crippen molar-refractivity contribution in [3.05, 3.63) is 0 Å². The molecule has 3 atom stereocenters. The van der Waals surface area contributed by atoms with E-state index in [1.165, 1.54) is 38.5 Å². The average Bonchev–Trinajstić information content (AvgIpc) is 2.12. The van der Waals surface area contributed by atoms with Crippen LogP contribution in [-0.4, -0.2) is 4.83 Å². The SMILES string of the molecule is CCC(Br)CCC1CC(C)CC(C)C1. The van der Waals surface area contributed by atoms with Gasteiger partial charge in [0.2, 0.25) is 0 Å². The van der Waals surface area contributed by atoms with E-state index in [-0.39, 0.29) is 0 Å². The van der Waals surface area contributed by atoms with Gasteiger partial charge in [0.1, 0.15) is 0 Å². The molecule has 0 aliphatic heterocycles. The fourth-order valence-corrected chi connectivity index (χ4v) is 3.23. The minimum absolute atomic E-state index is 0.759. The van der Waals surface area contributed by atoms with Gasteiger partial charge in [0.15, 0.2) is 0 Å². The Kier molecular flexibility index (Phi) is 5.51. The summed E-state index contributed by atoms with van der Waals surface area (Å²) in [6.07, 6.45) is 8.51. The van der Waals surface area contributed by atoms with E-state index in [1.54, 1.807) is 0 Å². The summed E-state index contributed by atoms with van der Waals surface area (Å²) in [6, 6.07) is 0. The summed E-state index contributed by atoms with van der Waals surface area (Å²) in [5.41, 5.74) is 0. The lowest BCUT2D eigenvalue weighted by Crippen LogP contribution is -2.20. The fourth-order valence-electron chi connectivity index (χ4n) is 2.97. The zero-order valence-corrected chi connectivity index (χ0v) is 11.5. The Labute approximate surface area is 98.0 Å². The van der Waals surface area contributed by atoms with Crippen LogP contribution < -0.4 is 0 Å². The third kappa shape index (κ3) is 4.33. The van der Waals surface area contributed by atoms with Gasteiger partial charge in [-0.1, -0.05) is 36.7 Å². The third-order valence-electron chi connectivity index (χ3n) is 3.61. The Hall–Kier alpha value is 0.480. The van der Waals surface area contributed by atoms with Crippen LogP contribution in [0.3, 0.4) is 0 Å². The summed E-state index contributed by atoms with van der Waals surface area (Å²) in [7, 11) is 0. The first-order chi connectivity index (χ1) is 6.61. The molecule has 1 saturated carbocycles. The van der Waals surface area contributed by atoms with Gasteiger partial charge in [0.25, 0.3) is 0 Å². The van der Waals surface area contributed by atoms with Gasteiger partial charge in [0.05, 0.1) is 0 Å². The zero-order chi connectivity index (χ0) is 10.6. The summed E-state index contributed by atoms with van der Waals surface area (Å²) in [5.74, 6) is 2.96. The first kappa shape index (κ1) is 12.5. The molecule has 0 aromatic heterocycles. The van der Waals surface area contributed by atoms with Crippen LogP contribution in [0.5, 0.6) is 0 Å². The summed E-state index contributed by atoms with van der Waals surface area (Å²) >= 11 is 3.73. The summed E-state index contributed by atoms with van der Waals surface area (Å²) in [6.45, 7) is 7.12. The molecular formula is C13H25Br. The molecule has 84 valence electrons. The highest BCUT2D eigenvalue weighted by Gasteiger charge is 2.23. The van der Waals surface area contributed by atoms with Crippen LogP contribution >= 0.6 is 15.9 Å². The van der Waals surface area contributed by atoms with Crippen LogP contribution in [0.4, 0.5) is 0 Å². The lowest BCUT2D eigenvalue weighted by molar-refractivity contribution is 0.207. The molecule has 3 unspecified atom stereocenters. The second-order valence-corrected chi connectivity index (χ2v) is 6.66. The highest BCUT2D eigenvalue weighted by Crippen LogP contribution is 2.35. The third-order valence-corrected chi connectivity index (χ3v) is 4.71. The van der Waals surface area contributed by atoms with Gasteiger partial charge in [-0.2, -0.15) is 0 Å². The van der Waals surface area contributed by atoms with Gasteiger partial charge in [-0.15, -0.1) is 0 Å². The van der Waals surface area contributed by atoms with Gasteiger partial charge < -0.3 is 0 Å². The number of hydrogen-bond acceptors (Lipinski definition) is 0. The molecule has 1 aliphatic rings. The van der Waals surface area contributed by atoms with Crippen LogP contribution in [0.2, 0.25) is 0 Å². The number of alkyl halides is 1. The highest BCUT2D eigenvalue weighted by atomic mass is 79.9. The van der Waals surface area contributed by atoms with Gasteiger partial charge >= 0.3 is 0 Å². The summed E-state index contributed by atoms with van der Waals surface area (Å²) in [5, 5.41) is 0. The van der Waals surface area contributed by atoms with Crippen LogP contribution in [0.25, 0.3) is 0 Å². The molecule has 0 spiro atoms. The smallest absolute Gasteiger partial charge is 0.0143 e. The van der Waals surface area contributed by atoms with Gasteiger partial charge in [-0.05, 0) is 56.3 Å². The molecule has 14 heavy (non-hydrogen) atoms. The molecule has 1 fully saturated rings. The second kappa shape index (κ2) is 6.15. The molecule has 0 saturated heterocycles. The maximum Gasteiger partial charge on any atom is 0.0143 e. The van der Waals surface area contributed by atoms with Crippen molar-refractivity contribution in [2.75, 3.05) is 0 Å². The van der Waals surface area contributed by atoms with Crippen LogP contribution in [-0.2, 0) is 0 Å². The Morgan fingerprint density at radius 3 is 2.21 bits per heavy atom. The summed E-state index contributed by atoms with van der Waals surface area (Å²) in [4.78, 5) is 0.759. The number of hydrogen-bond donors (Lipinski definition) is 0. The predicted octanol–water partition coefficient (Wildman–Crippen LogP) is 5.01. The molecule has 0 nitrogen and oxygen atoms in total. The molecule has 0 heterocycles. The average molecular weight is 261 g/mol. The van der Waals surface area contributed by atoms with Crippen molar-refractivity contribution in [2.24, 2.45) is 17.8 Å². The Balaban J connectivity index is 2.23. The maximum absolute atomic E-state index is 3.73. The van der Waals surface area contributed by atoms with Crippen LogP contribution in [0.1, 0.15) is 59.3 Å². The molecule has 1 aliphatic carbocycles. The minimum Gasteiger partial charge on any atom is -0.0891 e. The quantitative estimate of drug-likeness (QED) is 0.624. The van der Waals surface area contributed by atoms with E-state index < -0.39 is 0 Å². The lowest BCUT2D eigenvalue weighted by Gasteiger charge is -2.31. The standard InChI is InChI=1S/C13H25Br/c1-4-13(14)6-5-12-8-10(2)7-11(3)9-12/h10-13H,4-9H2,1-3H3. The van der Waals surface area contributed by atoms with E-state index in [1.807, 2.05) is 0 Å². The maximum atomic E-state index is 3.73. The first-order valence-corrected chi connectivity index (χ1v) is 7.17. The molecule has 0 aromatic carbocycles. The van der Waals surface area contributed by atoms with E-state index in [0.29, 0.717) is 0 Å². The van der Waals surface area contributed by atoms with Crippen LogP contribution in [0.15, 0.2) is 0 Å². The first-order valence-electron chi connectivity index (χ1n) is 6.25. The highest BCUT2D eigenvalue weighted by molar-refractivity contribution is 9.09. The lowest BCUT2D eigenvalue weighted by atomic mass is 9.75. The van der Waals surface area contributed by atoms with Crippen LogP contribution in [0, 0.1) is 17.8 Å². The second-order valence-electron chi connectivity index (χ2n) is 5.37. The van der Waals surface area contributed by atoms with Crippen molar-refractivity contribution in [3.63, 3.8) is 0 Å². The zero-order valence-electron chi connectivity index (χ0n) is 9.93. The van der Waals surface area contributed by atoms with E-state index in [0.717, 1.165) is 22.6 Å². The van der Waals surface area contributed by atoms with Crippen molar-refractivity contribution >= 4 is 15.9 Å². The molecule has 0 bridgehead atoms. The summed E-state index contributed by atoms with van der Waals surface area (Å²) < 4.78 is 0. The van der Waals surface area contributed by atoms with E-state index in [4.69, 9.17) is 0 Å². The van der Waals surface area contributed by atoms with Crippen molar-refractivity contribution in [2.45, 2.75) is 64.1 Å². The largest absolute Gasteiger partial charge is 0.0891 e. The molecule has 0 radical (unpaired) electrons. The van der Waals surface area contributed by atoms with Gasteiger partial charge in [-0.3, -0.25) is 0 Å². The minimum atomic E-state index is 0.759. The van der Waals surface area contributed by atoms with Crippen molar-refractivity contribution in [1.82, 2.24) is 0 Å². The van der Waals surface area contributed by atoms with E-state index in [9.17, 15) is 0 Å². The van der Waals surface area contributed by atoms with E-state index in [2.05, 4.69) is 36.7 Å².